The van der Waals surface area contributed by atoms with Gasteiger partial charge in [0.15, 0.2) is 11.5 Å². The Morgan fingerprint density at radius 1 is 1.29 bits per heavy atom. The van der Waals surface area contributed by atoms with Crippen LogP contribution < -0.4 is 4.74 Å². The van der Waals surface area contributed by atoms with E-state index in [2.05, 4.69) is 5.10 Å². The van der Waals surface area contributed by atoms with Gasteiger partial charge in [0.1, 0.15) is 0 Å². The number of carbonyl (C=O) groups excluding carboxylic acids is 1. The van der Waals surface area contributed by atoms with Gasteiger partial charge in [-0.1, -0.05) is 23.7 Å². The van der Waals surface area contributed by atoms with E-state index in [1.807, 2.05) is 12.1 Å². The number of aromatic hydroxyl groups is 1. The number of benzene rings is 2. The first-order chi connectivity index (χ1) is 11.5. The van der Waals surface area contributed by atoms with Gasteiger partial charge in [0.05, 0.1) is 18.9 Å². The molecular weight excluding hydrogens is 328 g/mol. The Morgan fingerprint density at radius 3 is 2.62 bits per heavy atom. The van der Waals surface area contributed by atoms with Gasteiger partial charge in [-0.3, -0.25) is 4.79 Å². The minimum absolute atomic E-state index is 0.0672. The number of hydrazone groups is 1. The molecule has 2 aromatic carbocycles. The van der Waals surface area contributed by atoms with E-state index in [0.717, 1.165) is 16.8 Å². The molecule has 5 nitrogen and oxygen atoms in total. The van der Waals surface area contributed by atoms with Gasteiger partial charge in [-0.15, -0.1) is 0 Å². The van der Waals surface area contributed by atoms with Crippen LogP contribution in [0, 0.1) is 0 Å². The van der Waals surface area contributed by atoms with Crippen LogP contribution in [-0.2, 0) is 4.79 Å². The molecule has 0 fully saturated rings. The minimum atomic E-state index is -0.172. The van der Waals surface area contributed by atoms with Gasteiger partial charge < -0.3 is 9.84 Å². The van der Waals surface area contributed by atoms with Gasteiger partial charge >= 0.3 is 0 Å². The molecule has 1 aliphatic heterocycles. The number of carbonyl (C=O) groups is 1. The molecule has 0 radical (unpaired) electrons. The smallest absolute Gasteiger partial charge is 0.240 e. The number of halogens is 1. The maximum atomic E-state index is 12.0. The summed E-state index contributed by atoms with van der Waals surface area (Å²) in [4.78, 5) is 12.0. The summed E-state index contributed by atoms with van der Waals surface area (Å²) in [5, 5.41) is 16.3. The normalized spacial score (nSPS) is 16.9. The molecule has 3 rings (SSSR count). The first-order valence-electron chi connectivity index (χ1n) is 7.49. The molecule has 0 saturated carbocycles. The summed E-state index contributed by atoms with van der Waals surface area (Å²) in [5.41, 5.74) is 2.55. The Balaban J connectivity index is 1.95. The second-order valence-corrected chi connectivity index (χ2v) is 6.00. The van der Waals surface area contributed by atoms with Crippen LogP contribution in [0.15, 0.2) is 47.6 Å². The highest BCUT2D eigenvalue weighted by molar-refractivity contribution is 6.30. The summed E-state index contributed by atoms with van der Waals surface area (Å²) in [6.45, 7) is 1.49. The molecule has 0 bridgehead atoms. The fourth-order valence-corrected chi connectivity index (χ4v) is 2.90. The lowest BCUT2D eigenvalue weighted by Crippen LogP contribution is -2.24. The summed E-state index contributed by atoms with van der Waals surface area (Å²) in [7, 11) is 1.49. The maximum absolute atomic E-state index is 12.0. The average molecular weight is 345 g/mol. The van der Waals surface area contributed by atoms with Gasteiger partial charge in [-0.2, -0.15) is 5.10 Å². The van der Waals surface area contributed by atoms with Crippen molar-refractivity contribution in [1.29, 1.82) is 0 Å². The van der Waals surface area contributed by atoms with Crippen molar-refractivity contribution in [3.63, 3.8) is 0 Å². The Morgan fingerprint density at radius 2 is 2.00 bits per heavy atom. The van der Waals surface area contributed by atoms with Gasteiger partial charge in [0.25, 0.3) is 0 Å². The summed E-state index contributed by atoms with van der Waals surface area (Å²) < 4.78 is 5.14. The van der Waals surface area contributed by atoms with E-state index in [-0.39, 0.29) is 17.7 Å². The third kappa shape index (κ3) is 3.08. The van der Waals surface area contributed by atoms with Crippen molar-refractivity contribution in [3.05, 3.63) is 58.6 Å². The average Bonchev–Trinajstić information content (AvgIpc) is 3.01. The highest BCUT2D eigenvalue weighted by atomic mass is 35.5. The highest BCUT2D eigenvalue weighted by Crippen LogP contribution is 2.35. The number of phenols is 1. The molecule has 1 unspecified atom stereocenters. The zero-order chi connectivity index (χ0) is 17.3. The third-order valence-corrected chi connectivity index (χ3v) is 4.25. The fraction of sp³-hybridized carbons (Fsp3) is 0.222. The fourth-order valence-electron chi connectivity index (χ4n) is 2.78. The number of methoxy groups -OCH3 is 1. The molecule has 1 atom stereocenters. The molecule has 24 heavy (non-hydrogen) atoms. The molecule has 2 aromatic rings. The zero-order valence-electron chi connectivity index (χ0n) is 13.4. The Hall–Kier alpha value is -2.53. The lowest BCUT2D eigenvalue weighted by Gasteiger charge is -2.20. The lowest BCUT2D eigenvalue weighted by molar-refractivity contribution is -0.130. The van der Waals surface area contributed by atoms with Crippen LogP contribution >= 0.6 is 11.6 Å². The lowest BCUT2D eigenvalue weighted by atomic mass is 9.98. The Labute approximate surface area is 145 Å². The van der Waals surface area contributed by atoms with E-state index in [9.17, 15) is 9.90 Å². The van der Waals surface area contributed by atoms with Crippen LogP contribution in [0.4, 0.5) is 0 Å². The predicted octanol–water partition coefficient (Wildman–Crippen LogP) is 3.75. The number of hydrogen-bond donors (Lipinski definition) is 1. The quantitative estimate of drug-likeness (QED) is 0.922. The van der Waals surface area contributed by atoms with Crippen LogP contribution in [-0.4, -0.2) is 28.8 Å². The number of rotatable bonds is 3. The first kappa shape index (κ1) is 16.3. The zero-order valence-corrected chi connectivity index (χ0v) is 14.1. The minimum Gasteiger partial charge on any atom is -0.504 e. The van der Waals surface area contributed by atoms with E-state index in [1.165, 1.54) is 19.0 Å². The number of ether oxygens (including phenoxy) is 1. The molecule has 0 saturated heterocycles. The molecular formula is C18H17ClN2O3. The van der Waals surface area contributed by atoms with Crippen molar-refractivity contribution in [3.8, 4) is 11.5 Å². The van der Waals surface area contributed by atoms with E-state index < -0.39 is 0 Å². The maximum Gasteiger partial charge on any atom is 0.240 e. The number of hydrogen-bond acceptors (Lipinski definition) is 4. The topological polar surface area (TPSA) is 62.1 Å². The summed E-state index contributed by atoms with van der Waals surface area (Å²) in [6.07, 6.45) is 0.579. The van der Waals surface area contributed by atoms with Gasteiger partial charge in [0, 0.05) is 23.9 Å². The number of nitrogens with zero attached hydrogens (tertiary/aromatic N) is 2. The molecule has 1 heterocycles. The first-order valence-corrected chi connectivity index (χ1v) is 7.87. The largest absolute Gasteiger partial charge is 0.504 e. The van der Waals surface area contributed by atoms with Crippen molar-refractivity contribution >= 4 is 23.2 Å². The van der Waals surface area contributed by atoms with Crippen LogP contribution in [0.5, 0.6) is 11.5 Å². The van der Waals surface area contributed by atoms with Crippen LogP contribution in [0.1, 0.15) is 30.5 Å². The van der Waals surface area contributed by atoms with Crippen LogP contribution in [0.2, 0.25) is 5.02 Å². The number of phenolic OH excluding ortho intramolecular Hbond substituents is 1. The second kappa shape index (κ2) is 6.53. The van der Waals surface area contributed by atoms with Gasteiger partial charge in [0.2, 0.25) is 5.91 Å². The van der Waals surface area contributed by atoms with Crippen LogP contribution in [0.25, 0.3) is 0 Å². The van der Waals surface area contributed by atoms with E-state index >= 15 is 0 Å². The molecule has 1 amide bonds. The number of amides is 1. The van der Waals surface area contributed by atoms with E-state index in [4.69, 9.17) is 16.3 Å². The molecule has 1 N–H and O–H groups in total. The van der Waals surface area contributed by atoms with Gasteiger partial charge in [-0.05, 0) is 35.9 Å². The SMILES string of the molecule is COc1cc(C2=NN(C(C)=O)C(c3ccc(Cl)cc3)C2)ccc1O. The molecule has 0 aliphatic carbocycles. The third-order valence-electron chi connectivity index (χ3n) is 4.00. The Kier molecular flexibility index (Phi) is 4.44. The molecule has 0 aromatic heterocycles. The molecule has 1 aliphatic rings. The standard InChI is InChI=1S/C18H17ClN2O3/c1-11(22)21-16(12-3-6-14(19)7-4-12)10-15(20-21)13-5-8-17(23)18(9-13)24-2/h3-9,16,23H,10H2,1-2H3. The summed E-state index contributed by atoms with van der Waals surface area (Å²) in [6, 6.07) is 12.3. The van der Waals surface area contributed by atoms with E-state index in [0.29, 0.717) is 17.2 Å². The van der Waals surface area contributed by atoms with Crippen LogP contribution in [0.3, 0.4) is 0 Å². The van der Waals surface area contributed by atoms with Crippen molar-refractivity contribution in [2.45, 2.75) is 19.4 Å². The van der Waals surface area contributed by atoms with Crippen molar-refractivity contribution < 1.29 is 14.6 Å². The molecule has 6 heteroatoms. The van der Waals surface area contributed by atoms with Crippen molar-refractivity contribution in [2.24, 2.45) is 5.10 Å². The highest BCUT2D eigenvalue weighted by Gasteiger charge is 2.31. The molecule has 124 valence electrons. The summed E-state index contributed by atoms with van der Waals surface area (Å²) in [5.74, 6) is 0.313. The van der Waals surface area contributed by atoms with Crippen molar-refractivity contribution in [1.82, 2.24) is 5.01 Å². The Bertz CT molecular complexity index is 802. The molecule has 0 spiro atoms. The van der Waals surface area contributed by atoms with Crippen molar-refractivity contribution in [2.75, 3.05) is 7.11 Å². The van der Waals surface area contributed by atoms with E-state index in [1.54, 1.807) is 30.3 Å². The second-order valence-electron chi connectivity index (χ2n) is 5.57. The monoisotopic (exact) mass is 344 g/mol. The summed E-state index contributed by atoms with van der Waals surface area (Å²) >= 11 is 5.94. The predicted molar refractivity (Wildman–Crippen MR) is 92.5 cm³/mol. The van der Waals surface area contributed by atoms with Gasteiger partial charge in [-0.25, -0.2) is 5.01 Å².